The Hall–Kier alpha value is -2.03. The molecule has 1 aromatic carbocycles. The number of hydrogen-bond donors (Lipinski definition) is 3. The number of amides is 1. The summed E-state index contributed by atoms with van der Waals surface area (Å²) >= 11 is 5.03. The van der Waals surface area contributed by atoms with Crippen molar-refractivity contribution in [2.45, 2.75) is 38.5 Å². The summed E-state index contributed by atoms with van der Waals surface area (Å²) in [5, 5.41) is 2.90. The Kier molecular flexibility index (Phi) is 6.24. The van der Waals surface area contributed by atoms with Crippen LogP contribution in [0.3, 0.4) is 0 Å². The zero-order valence-corrected chi connectivity index (χ0v) is 13.6. The highest BCUT2D eigenvalue weighted by molar-refractivity contribution is 7.80. The molecule has 3 N–H and O–H groups in total. The molecule has 2 rings (SSSR count). The second kappa shape index (κ2) is 8.18. The number of carbonyl (C=O) groups excluding carboxylic acids is 1. The number of nitrogens with one attached hydrogen (secondary N) is 3. The summed E-state index contributed by atoms with van der Waals surface area (Å²) in [6, 6.07) is 5.11. The smallest absolute Gasteiger partial charge is 0.406 e. The third-order valence-corrected chi connectivity index (χ3v) is 3.83. The molecule has 1 saturated carbocycles. The molecule has 1 fully saturated rings. The maximum absolute atomic E-state index is 12.1. The number of ether oxygens (including phenoxy) is 1. The third kappa shape index (κ3) is 6.23. The first kappa shape index (κ1) is 18.3. The lowest BCUT2D eigenvalue weighted by atomic mass is 9.89. The molecule has 1 aromatic rings. The van der Waals surface area contributed by atoms with Crippen LogP contribution in [0.2, 0.25) is 0 Å². The molecule has 0 bridgehead atoms. The predicted molar refractivity (Wildman–Crippen MR) is 87.2 cm³/mol. The van der Waals surface area contributed by atoms with Gasteiger partial charge in [0.25, 0.3) is 0 Å². The highest BCUT2D eigenvalue weighted by atomic mass is 32.1. The van der Waals surface area contributed by atoms with Gasteiger partial charge in [-0.2, -0.15) is 0 Å². The highest BCUT2D eigenvalue weighted by Gasteiger charge is 2.30. The van der Waals surface area contributed by atoms with Crippen LogP contribution >= 0.6 is 12.2 Å². The number of alkyl halides is 3. The zero-order valence-electron chi connectivity index (χ0n) is 12.8. The van der Waals surface area contributed by atoms with Gasteiger partial charge < -0.3 is 10.1 Å². The molecule has 9 heteroatoms. The van der Waals surface area contributed by atoms with Crippen molar-refractivity contribution in [1.82, 2.24) is 10.9 Å². The number of carbonyl (C=O) groups is 1. The molecule has 0 heterocycles. The van der Waals surface area contributed by atoms with Gasteiger partial charge in [-0.25, -0.2) is 0 Å². The highest BCUT2D eigenvalue weighted by Crippen LogP contribution is 2.24. The molecular weight excluding hydrogens is 343 g/mol. The average molecular weight is 361 g/mol. The normalized spacial score (nSPS) is 15.5. The van der Waals surface area contributed by atoms with Crippen LogP contribution in [0.15, 0.2) is 24.3 Å². The van der Waals surface area contributed by atoms with Crippen LogP contribution in [-0.4, -0.2) is 17.4 Å². The Bertz CT molecular complexity index is 572. The number of hydrazine groups is 1. The van der Waals surface area contributed by atoms with Gasteiger partial charge in [0.05, 0.1) is 0 Å². The molecule has 0 atom stereocenters. The number of halogens is 3. The lowest BCUT2D eigenvalue weighted by Gasteiger charge is -2.21. The van der Waals surface area contributed by atoms with E-state index >= 15 is 0 Å². The van der Waals surface area contributed by atoms with Crippen LogP contribution in [0.4, 0.5) is 18.9 Å². The van der Waals surface area contributed by atoms with Crippen molar-refractivity contribution in [3.8, 4) is 5.75 Å². The fourth-order valence-corrected chi connectivity index (χ4v) is 2.66. The maximum atomic E-state index is 12.1. The molecule has 1 aliphatic carbocycles. The lowest BCUT2D eigenvalue weighted by molar-refractivity contribution is -0.274. The van der Waals surface area contributed by atoms with Crippen molar-refractivity contribution in [3.05, 3.63) is 24.3 Å². The Morgan fingerprint density at radius 2 is 1.71 bits per heavy atom. The molecule has 5 nitrogen and oxygen atoms in total. The summed E-state index contributed by atoms with van der Waals surface area (Å²) in [4.78, 5) is 11.9. The van der Waals surface area contributed by atoms with E-state index in [1.165, 1.54) is 24.3 Å². The van der Waals surface area contributed by atoms with E-state index in [-0.39, 0.29) is 22.7 Å². The predicted octanol–water partition coefficient (Wildman–Crippen LogP) is 3.48. The van der Waals surface area contributed by atoms with Gasteiger partial charge in [-0.1, -0.05) is 19.3 Å². The average Bonchev–Trinajstić information content (AvgIpc) is 2.54. The van der Waals surface area contributed by atoms with Crippen LogP contribution in [-0.2, 0) is 4.79 Å². The van der Waals surface area contributed by atoms with E-state index in [0.29, 0.717) is 5.69 Å². The van der Waals surface area contributed by atoms with E-state index in [0.717, 1.165) is 32.1 Å². The minimum absolute atomic E-state index is 0.00662. The van der Waals surface area contributed by atoms with Gasteiger partial charge in [-0.05, 0) is 49.3 Å². The summed E-state index contributed by atoms with van der Waals surface area (Å²) in [6.45, 7) is 0. The lowest BCUT2D eigenvalue weighted by Crippen LogP contribution is -2.46. The number of benzene rings is 1. The zero-order chi connectivity index (χ0) is 17.6. The van der Waals surface area contributed by atoms with Crippen molar-refractivity contribution in [1.29, 1.82) is 0 Å². The number of anilines is 1. The minimum Gasteiger partial charge on any atom is -0.406 e. The number of rotatable bonds is 3. The standard InChI is InChI=1S/C15H18F3N3O2S/c16-15(17,18)23-12-8-6-11(7-9-12)19-14(24)21-20-13(22)10-4-2-1-3-5-10/h6-10H,1-5H2,(H,20,22)(H2,19,21,24). The van der Waals surface area contributed by atoms with Crippen LogP contribution in [0.25, 0.3) is 0 Å². The number of thiocarbonyl (C=S) groups is 1. The summed E-state index contributed by atoms with van der Waals surface area (Å²) in [7, 11) is 0. The van der Waals surface area contributed by atoms with E-state index in [9.17, 15) is 18.0 Å². The number of hydrogen-bond acceptors (Lipinski definition) is 3. The van der Waals surface area contributed by atoms with E-state index in [1.54, 1.807) is 0 Å². The second-order valence-electron chi connectivity index (χ2n) is 5.48. The quantitative estimate of drug-likeness (QED) is 0.568. The van der Waals surface area contributed by atoms with Gasteiger partial charge in [0.15, 0.2) is 5.11 Å². The first-order valence-corrected chi connectivity index (χ1v) is 7.97. The maximum Gasteiger partial charge on any atom is 0.573 e. The fraction of sp³-hybridized carbons (Fsp3) is 0.467. The third-order valence-electron chi connectivity index (χ3n) is 3.62. The van der Waals surface area contributed by atoms with Gasteiger partial charge in [0.1, 0.15) is 5.75 Å². The van der Waals surface area contributed by atoms with Crippen molar-refractivity contribution in [2.75, 3.05) is 5.32 Å². The van der Waals surface area contributed by atoms with Crippen LogP contribution in [0, 0.1) is 5.92 Å². The Morgan fingerprint density at radius 3 is 2.29 bits per heavy atom. The summed E-state index contributed by atoms with van der Waals surface area (Å²) in [5.41, 5.74) is 5.61. The van der Waals surface area contributed by atoms with E-state index < -0.39 is 6.36 Å². The van der Waals surface area contributed by atoms with Gasteiger partial charge in [-0.3, -0.25) is 15.6 Å². The van der Waals surface area contributed by atoms with E-state index in [1.807, 2.05) is 0 Å². The van der Waals surface area contributed by atoms with Gasteiger partial charge in [0.2, 0.25) is 5.91 Å². The molecular formula is C15H18F3N3O2S. The molecule has 24 heavy (non-hydrogen) atoms. The van der Waals surface area contributed by atoms with Crippen LogP contribution in [0.1, 0.15) is 32.1 Å². The molecule has 0 spiro atoms. The molecule has 0 aliphatic heterocycles. The summed E-state index contributed by atoms with van der Waals surface area (Å²) < 4.78 is 40.0. The molecule has 0 radical (unpaired) electrons. The van der Waals surface area contributed by atoms with Gasteiger partial charge >= 0.3 is 6.36 Å². The van der Waals surface area contributed by atoms with Gasteiger partial charge in [-0.15, -0.1) is 13.2 Å². The SMILES string of the molecule is O=C(NNC(=S)Nc1ccc(OC(F)(F)F)cc1)C1CCCCC1. The van der Waals surface area contributed by atoms with Crippen molar-refractivity contribution in [2.24, 2.45) is 5.92 Å². The van der Waals surface area contributed by atoms with Crippen molar-refractivity contribution >= 4 is 28.9 Å². The molecule has 0 unspecified atom stereocenters. The van der Waals surface area contributed by atoms with Crippen molar-refractivity contribution in [3.63, 3.8) is 0 Å². The summed E-state index contributed by atoms with van der Waals surface area (Å²) in [5.74, 6) is -0.432. The first-order chi connectivity index (χ1) is 11.3. The molecule has 0 saturated heterocycles. The Morgan fingerprint density at radius 1 is 1.08 bits per heavy atom. The molecule has 1 amide bonds. The fourth-order valence-electron chi connectivity index (χ4n) is 2.49. The van der Waals surface area contributed by atoms with E-state index in [4.69, 9.17) is 12.2 Å². The molecule has 1 aliphatic rings. The Balaban J connectivity index is 1.76. The molecule has 0 aromatic heterocycles. The van der Waals surface area contributed by atoms with Gasteiger partial charge in [0, 0.05) is 11.6 Å². The largest absolute Gasteiger partial charge is 0.573 e. The summed E-state index contributed by atoms with van der Waals surface area (Å²) in [6.07, 6.45) is 0.267. The van der Waals surface area contributed by atoms with Crippen LogP contribution in [0.5, 0.6) is 5.75 Å². The van der Waals surface area contributed by atoms with Crippen molar-refractivity contribution < 1.29 is 22.7 Å². The minimum atomic E-state index is -4.73. The first-order valence-electron chi connectivity index (χ1n) is 7.56. The second-order valence-corrected chi connectivity index (χ2v) is 5.88. The van der Waals surface area contributed by atoms with E-state index in [2.05, 4.69) is 20.9 Å². The molecule has 132 valence electrons. The topological polar surface area (TPSA) is 62.4 Å². The van der Waals surface area contributed by atoms with Crippen LogP contribution < -0.4 is 20.9 Å². The monoisotopic (exact) mass is 361 g/mol. The Labute approximate surface area is 142 Å².